The van der Waals surface area contributed by atoms with E-state index < -0.39 is 0 Å². The highest BCUT2D eigenvalue weighted by atomic mass is 16.3. The molecule has 1 rings (SSSR count). The van der Waals surface area contributed by atoms with Gasteiger partial charge in [-0.15, -0.1) is 0 Å². The van der Waals surface area contributed by atoms with Crippen LogP contribution in [-0.2, 0) is 4.79 Å². The quantitative estimate of drug-likeness (QED) is 0.652. The molecular weight excluding hydrogens is 216 g/mol. The summed E-state index contributed by atoms with van der Waals surface area (Å²) < 4.78 is 0. The van der Waals surface area contributed by atoms with Crippen molar-refractivity contribution in [1.82, 2.24) is 5.32 Å². The minimum absolute atomic E-state index is 0.0632. The van der Waals surface area contributed by atoms with Crippen LogP contribution < -0.4 is 10.6 Å². The van der Waals surface area contributed by atoms with Crippen molar-refractivity contribution in [2.24, 2.45) is 0 Å². The predicted molar refractivity (Wildman–Crippen MR) is 69.0 cm³/mol. The second-order valence-corrected chi connectivity index (χ2v) is 4.11. The van der Waals surface area contributed by atoms with E-state index in [0.717, 1.165) is 11.3 Å². The molecule has 1 aromatic carbocycles. The van der Waals surface area contributed by atoms with Gasteiger partial charge in [0.25, 0.3) is 0 Å². The second kappa shape index (κ2) is 7.04. The fraction of sp³-hybridized carbons (Fsp3) is 0.462. The Balaban J connectivity index is 2.40. The maximum Gasteiger partial charge on any atom is 0.241 e. The first-order chi connectivity index (χ1) is 8.13. The number of carbonyl (C=O) groups is 1. The summed E-state index contributed by atoms with van der Waals surface area (Å²) in [5, 5.41) is 14.5. The molecule has 0 bridgehead atoms. The van der Waals surface area contributed by atoms with Crippen LogP contribution in [0, 0.1) is 6.92 Å². The number of rotatable bonds is 6. The first kappa shape index (κ1) is 13.7. The van der Waals surface area contributed by atoms with Crippen LogP contribution in [0.25, 0.3) is 0 Å². The van der Waals surface area contributed by atoms with Crippen molar-refractivity contribution in [3.63, 3.8) is 0 Å². The molecular formula is C13H20N2O2. The van der Waals surface area contributed by atoms with Gasteiger partial charge < -0.3 is 15.7 Å². The molecule has 0 spiro atoms. The second-order valence-electron chi connectivity index (χ2n) is 4.11. The topological polar surface area (TPSA) is 61.4 Å². The lowest BCUT2D eigenvalue weighted by Crippen LogP contribution is -2.38. The van der Waals surface area contributed by atoms with Gasteiger partial charge in [-0.2, -0.15) is 0 Å². The molecule has 0 aliphatic heterocycles. The lowest BCUT2D eigenvalue weighted by Gasteiger charge is -2.13. The van der Waals surface area contributed by atoms with Crippen LogP contribution in [0.3, 0.4) is 0 Å². The standard InChI is InChI=1S/C13H20N2O2/c1-10-4-6-12(7-5-10)15-13(17)11(2)14-8-3-9-16/h4-7,11,14,16H,3,8-9H2,1-2H3,(H,15,17). The largest absolute Gasteiger partial charge is 0.396 e. The molecule has 0 saturated heterocycles. The number of aryl methyl sites for hydroxylation is 1. The average Bonchev–Trinajstić information content (AvgIpc) is 2.32. The van der Waals surface area contributed by atoms with Crippen LogP contribution in [0.15, 0.2) is 24.3 Å². The summed E-state index contributed by atoms with van der Waals surface area (Å²) in [6.45, 7) is 4.59. The number of hydrogen-bond donors (Lipinski definition) is 3. The molecule has 17 heavy (non-hydrogen) atoms. The van der Waals surface area contributed by atoms with Gasteiger partial charge in [-0.1, -0.05) is 17.7 Å². The van der Waals surface area contributed by atoms with Crippen LogP contribution in [0.5, 0.6) is 0 Å². The van der Waals surface area contributed by atoms with Gasteiger partial charge in [0.15, 0.2) is 0 Å². The number of aliphatic hydroxyl groups excluding tert-OH is 1. The van der Waals surface area contributed by atoms with E-state index in [1.54, 1.807) is 6.92 Å². The zero-order valence-electron chi connectivity index (χ0n) is 10.4. The molecule has 4 heteroatoms. The SMILES string of the molecule is Cc1ccc(NC(=O)C(C)NCCCO)cc1. The fourth-order valence-corrected chi connectivity index (χ4v) is 1.38. The van der Waals surface area contributed by atoms with E-state index in [-0.39, 0.29) is 18.6 Å². The van der Waals surface area contributed by atoms with Crippen molar-refractivity contribution >= 4 is 11.6 Å². The molecule has 4 nitrogen and oxygen atoms in total. The first-order valence-corrected chi connectivity index (χ1v) is 5.85. The summed E-state index contributed by atoms with van der Waals surface area (Å²) in [6, 6.07) is 7.42. The summed E-state index contributed by atoms with van der Waals surface area (Å²) >= 11 is 0. The predicted octanol–water partition coefficient (Wildman–Crippen LogP) is 1.29. The van der Waals surface area contributed by atoms with Gasteiger partial charge in [-0.25, -0.2) is 0 Å². The highest BCUT2D eigenvalue weighted by Crippen LogP contribution is 2.08. The first-order valence-electron chi connectivity index (χ1n) is 5.85. The Hall–Kier alpha value is -1.39. The maximum absolute atomic E-state index is 11.8. The summed E-state index contributed by atoms with van der Waals surface area (Å²) in [5.41, 5.74) is 1.97. The Kier molecular flexibility index (Phi) is 5.66. The number of hydrogen-bond acceptors (Lipinski definition) is 3. The van der Waals surface area contributed by atoms with Gasteiger partial charge in [-0.05, 0) is 38.9 Å². The van der Waals surface area contributed by atoms with Crippen LogP contribution >= 0.6 is 0 Å². The van der Waals surface area contributed by atoms with E-state index in [4.69, 9.17) is 5.11 Å². The third kappa shape index (κ3) is 4.97. The van der Waals surface area contributed by atoms with Gasteiger partial charge in [-0.3, -0.25) is 4.79 Å². The van der Waals surface area contributed by atoms with Gasteiger partial charge >= 0.3 is 0 Å². The van der Waals surface area contributed by atoms with E-state index in [1.165, 1.54) is 0 Å². The van der Waals surface area contributed by atoms with Crippen molar-refractivity contribution in [2.75, 3.05) is 18.5 Å². The molecule has 0 heterocycles. The number of anilines is 1. The number of carbonyl (C=O) groups excluding carboxylic acids is 1. The van der Waals surface area contributed by atoms with Crippen molar-refractivity contribution in [2.45, 2.75) is 26.3 Å². The number of benzene rings is 1. The molecule has 1 atom stereocenters. The Morgan fingerprint density at radius 3 is 2.59 bits per heavy atom. The highest BCUT2D eigenvalue weighted by molar-refractivity contribution is 5.94. The Bertz CT molecular complexity index is 349. The molecule has 1 amide bonds. The van der Waals surface area contributed by atoms with Crippen LogP contribution in [0.4, 0.5) is 5.69 Å². The zero-order chi connectivity index (χ0) is 12.7. The lowest BCUT2D eigenvalue weighted by molar-refractivity contribution is -0.117. The van der Waals surface area contributed by atoms with E-state index in [1.807, 2.05) is 31.2 Å². The van der Waals surface area contributed by atoms with Crippen molar-refractivity contribution in [3.05, 3.63) is 29.8 Å². The molecule has 1 aromatic rings. The summed E-state index contributed by atoms with van der Waals surface area (Å²) in [7, 11) is 0. The molecule has 1 unspecified atom stereocenters. The van der Waals surface area contributed by atoms with Gasteiger partial charge in [0, 0.05) is 12.3 Å². The number of nitrogens with one attached hydrogen (secondary N) is 2. The van der Waals surface area contributed by atoms with E-state index >= 15 is 0 Å². The van der Waals surface area contributed by atoms with Crippen LogP contribution in [0.2, 0.25) is 0 Å². The van der Waals surface area contributed by atoms with Crippen LogP contribution in [-0.4, -0.2) is 30.2 Å². The van der Waals surface area contributed by atoms with Gasteiger partial charge in [0.05, 0.1) is 6.04 Å². The molecule has 0 saturated carbocycles. The van der Waals surface area contributed by atoms with Crippen molar-refractivity contribution in [3.8, 4) is 0 Å². The highest BCUT2D eigenvalue weighted by Gasteiger charge is 2.11. The fourth-order valence-electron chi connectivity index (χ4n) is 1.38. The van der Waals surface area contributed by atoms with Crippen molar-refractivity contribution < 1.29 is 9.90 Å². The zero-order valence-corrected chi connectivity index (χ0v) is 10.4. The van der Waals surface area contributed by atoms with Gasteiger partial charge in [0.2, 0.25) is 5.91 Å². The van der Waals surface area contributed by atoms with E-state index in [2.05, 4.69) is 10.6 Å². The summed E-state index contributed by atoms with van der Waals surface area (Å²) in [4.78, 5) is 11.8. The van der Waals surface area contributed by atoms with Gasteiger partial charge in [0.1, 0.15) is 0 Å². The Morgan fingerprint density at radius 2 is 2.00 bits per heavy atom. The number of amides is 1. The van der Waals surface area contributed by atoms with E-state index in [0.29, 0.717) is 13.0 Å². The Morgan fingerprint density at radius 1 is 1.35 bits per heavy atom. The normalized spacial score (nSPS) is 12.2. The molecule has 0 radical (unpaired) electrons. The minimum Gasteiger partial charge on any atom is -0.396 e. The number of aliphatic hydroxyl groups is 1. The van der Waals surface area contributed by atoms with E-state index in [9.17, 15) is 4.79 Å². The summed E-state index contributed by atoms with van der Waals surface area (Å²) in [6.07, 6.45) is 0.655. The molecule has 0 fully saturated rings. The smallest absolute Gasteiger partial charge is 0.241 e. The summed E-state index contributed by atoms with van der Waals surface area (Å²) in [5.74, 6) is -0.0632. The molecule has 3 N–H and O–H groups in total. The molecule has 94 valence electrons. The molecule has 0 aromatic heterocycles. The monoisotopic (exact) mass is 236 g/mol. The molecule has 0 aliphatic carbocycles. The third-order valence-electron chi connectivity index (χ3n) is 2.50. The maximum atomic E-state index is 11.8. The lowest BCUT2D eigenvalue weighted by atomic mass is 10.2. The molecule has 0 aliphatic rings. The average molecular weight is 236 g/mol. The Labute approximate surface area is 102 Å². The van der Waals surface area contributed by atoms with Crippen LogP contribution in [0.1, 0.15) is 18.9 Å². The third-order valence-corrected chi connectivity index (χ3v) is 2.50. The minimum atomic E-state index is -0.261. The van der Waals surface area contributed by atoms with Crippen molar-refractivity contribution in [1.29, 1.82) is 0 Å².